The number of hydrogen-bond donors (Lipinski definition) is 1. The number of rotatable bonds is 4. The number of amides is 1. The summed E-state index contributed by atoms with van der Waals surface area (Å²) in [5, 5.41) is 7.63. The van der Waals surface area contributed by atoms with Crippen molar-refractivity contribution in [1.29, 1.82) is 0 Å². The molecule has 138 valence electrons. The lowest BCUT2D eigenvalue weighted by atomic mass is 10.2. The van der Waals surface area contributed by atoms with Gasteiger partial charge in [0.15, 0.2) is 0 Å². The van der Waals surface area contributed by atoms with Crippen LogP contribution in [0.5, 0.6) is 0 Å². The summed E-state index contributed by atoms with van der Waals surface area (Å²) in [5.74, 6) is -0.0775. The zero-order chi connectivity index (χ0) is 18.7. The molecule has 1 aliphatic rings. The standard InChI is InChI=1S/C17H18Cl2N4O3/c1-11(16(24)22-6-8-26-9-7-22)21-14-10-20-23(17(25)15(14)19)13-4-2-12(18)3-5-13/h2-5,10-11,21H,6-9H2,1H3. The van der Waals surface area contributed by atoms with Crippen molar-refractivity contribution >= 4 is 34.8 Å². The molecule has 2 heterocycles. The molecule has 1 aromatic heterocycles. The van der Waals surface area contributed by atoms with Crippen molar-refractivity contribution in [2.45, 2.75) is 13.0 Å². The van der Waals surface area contributed by atoms with E-state index in [9.17, 15) is 9.59 Å². The molecule has 0 saturated carbocycles. The predicted molar refractivity (Wildman–Crippen MR) is 100 cm³/mol. The number of carbonyl (C=O) groups is 1. The SMILES string of the molecule is CC(Nc1cnn(-c2ccc(Cl)cc2)c(=O)c1Cl)C(=O)N1CCOCC1. The van der Waals surface area contributed by atoms with Crippen LogP contribution < -0.4 is 10.9 Å². The van der Waals surface area contributed by atoms with Crippen LogP contribution in [0.2, 0.25) is 10.0 Å². The first-order chi connectivity index (χ1) is 12.5. The maximum absolute atomic E-state index is 12.5. The van der Waals surface area contributed by atoms with Gasteiger partial charge < -0.3 is 15.0 Å². The number of nitrogens with one attached hydrogen (secondary N) is 1. The molecule has 0 aliphatic carbocycles. The monoisotopic (exact) mass is 396 g/mol. The average Bonchev–Trinajstić information content (AvgIpc) is 2.66. The fraction of sp³-hybridized carbons (Fsp3) is 0.353. The summed E-state index contributed by atoms with van der Waals surface area (Å²) in [7, 11) is 0. The largest absolute Gasteiger partial charge is 0.378 e. The first-order valence-corrected chi connectivity index (χ1v) is 8.90. The highest BCUT2D eigenvalue weighted by Gasteiger charge is 2.23. The van der Waals surface area contributed by atoms with Gasteiger partial charge in [-0.3, -0.25) is 9.59 Å². The minimum atomic E-state index is -0.543. The van der Waals surface area contributed by atoms with E-state index in [1.807, 2.05) is 0 Å². The lowest BCUT2D eigenvalue weighted by molar-refractivity contribution is -0.135. The topological polar surface area (TPSA) is 76.5 Å². The Balaban J connectivity index is 1.78. The van der Waals surface area contributed by atoms with Gasteiger partial charge >= 0.3 is 0 Å². The fourth-order valence-electron chi connectivity index (χ4n) is 2.65. The van der Waals surface area contributed by atoms with E-state index in [-0.39, 0.29) is 10.9 Å². The molecule has 0 radical (unpaired) electrons. The number of nitrogens with zero attached hydrogens (tertiary/aromatic N) is 3. The van der Waals surface area contributed by atoms with Gasteiger partial charge in [-0.05, 0) is 31.2 Å². The second kappa shape index (κ2) is 8.07. The third-order valence-corrected chi connectivity index (χ3v) is 4.67. The minimum Gasteiger partial charge on any atom is -0.378 e. The minimum absolute atomic E-state index is 0.0309. The molecule has 1 amide bonds. The molecule has 1 atom stereocenters. The van der Waals surface area contributed by atoms with Crippen molar-refractivity contribution < 1.29 is 9.53 Å². The molecule has 26 heavy (non-hydrogen) atoms. The van der Waals surface area contributed by atoms with Gasteiger partial charge in [-0.1, -0.05) is 23.2 Å². The Bertz CT molecular complexity index is 848. The number of aromatic nitrogens is 2. The molecule has 1 aromatic carbocycles. The van der Waals surface area contributed by atoms with Crippen LogP contribution in [-0.2, 0) is 9.53 Å². The van der Waals surface area contributed by atoms with Gasteiger partial charge in [0.05, 0.1) is 30.8 Å². The average molecular weight is 397 g/mol. The summed E-state index contributed by atoms with van der Waals surface area (Å²) in [6.07, 6.45) is 1.43. The van der Waals surface area contributed by atoms with E-state index in [2.05, 4.69) is 10.4 Å². The molecular weight excluding hydrogens is 379 g/mol. The molecule has 0 bridgehead atoms. The van der Waals surface area contributed by atoms with Crippen LogP contribution in [0.3, 0.4) is 0 Å². The highest BCUT2D eigenvalue weighted by molar-refractivity contribution is 6.33. The number of ether oxygens (including phenoxy) is 1. The third kappa shape index (κ3) is 4.00. The third-order valence-electron chi connectivity index (χ3n) is 4.06. The number of carbonyl (C=O) groups excluding carboxylic acids is 1. The first kappa shape index (κ1) is 18.7. The molecule has 7 nitrogen and oxygen atoms in total. The molecular formula is C17H18Cl2N4O3. The van der Waals surface area contributed by atoms with Crippen LogP contribution >= 0.6 is 23.2 Å². The van der Waals surface area contributed by atoms with Crippen LogP contribution in [0.15, 0.2) is 35.3 Å². The lowest BCUT2D eigenvalue weighted by Gasteiger charge is -2.29. The van der Waals surface area contributed by atoms with E-state index in [4.69, 9.17) is 27.9 Å². The highest BCUT2D eigenvalue weighted by atomic mass is 35.5. The molecule has 0 spiro atoms. The zero-order valence-corrected chi connectivity index (χ0v) is 15.6. The highest BCUT2D eigenvalue weighted by Crippen LogP contribution is 2.19. The number of anilines is 1. The number of halogens is 2. The number of morpholine rings is 1. The Morgan fingerprint density at radius 2 is 1.88 bits per heavy atom. The molecule has 3 rings (SSSR count). The summed E-state index contributed by atoms with van der Waals surface area (Å²) in [4.78, 5) is 26.7. The summed E-state index contributed by atoms with van der Waals surface area (Å²) >= 11 is 12.1. The van der Waals surface area contributed by atoms with E-state index in [0.717, 1.165) is 0 Å². The smallest absolute Gasteiger partial charge is 0.292 e. The van der Waals surface area contributed by atoms with Crippen molar-refractivity contribution in [2.75, 3.05) is 31.6 Å². The maximum Gasteiger partial charge on any atom is 0.292 e. The van der Waals surface area contributed by atoms with E-state index < -0.39 is 11.6 Å². The van der Waals surface area contributed by atoms with Crippen LogP contribution in [0.1, 0.15) is 6.92 Å². The van der Waals surface area contributed by atoms with E-state index in [0.29, 0.717) is 42.7 Å². The lowest BCUT2D eigenvalue weighted by Crippen LogP contribution is -2.47. The van der Waals surface area contributed by atoms with E-state index >= 15 is 0 Å². The fourth-order valence-corrected chi connectivity index (χ4v) is 2.96. The van der Waals surface area contributed by atoms with Gasteiger partial charge in [-0.15, -0.1) is 0 Å². The van der Waals surface area contributed by atoms with Gasteiger partial charge in [-0.2, -0.15) is 9.78 Å². The maximum atomic E-state index is 12.5. The quantitative estimate of drug-likeness (QED) is 0.856. The molecule has 1 saturated heterocycles. The Morgan fingerprint density at radius 1 is 1.23 bits per heavy atom. The van der Waals surface area contributed by atoms with E-state index in [1.54, 1.807) is 36.1 Å². The van der Waals surface area contributed by atoms with Crippen molar-refractivity contribution in [2.24, 2.45) is 0 Å². The summed E-state index contributed by atoms with van der Waals surface area (Å²) in [6.45, 7) is 3.87. The van der Waals surface area contributed by atoms with Crippen molar-refractivity contribution in [3.05, 3.63) is 50.9 Å². The van der Waals surface area contributed by atoms with Gasteiger partial charge in [0.2, 0.25) is 5.91 Å². The Hall–Kier alpha value is -2.09. The number of benzene rings is 1. The van der Waals surface area contributed by atoms with Crippen LogP contribution in [0.4, 0.5) is 5.69 Å². The van der Waals surface area contributed by atoms with Crippen molar-refractivity contribution in [1.82, 2.24) is 14.7 Å². The van der Waals surface area contributed by atoms with Crippen LogP contribution in [0.25, 0.3) is 5.69 Å². The van der Waals surface area contributed by atoms with Crippen LogP contribution in [0, 0.1) is 0 Å². The summed E-state index contributed by atoms with van der Waals surface area (Å²) in [5.41, 5.74) is 0.381. The Morgan fingerprint density at radius 3 is 2.54 bits per heavy atom. The Kier molecular flexibility index (Phi) is 5.80. The van der Waals surface area contributed by atoms with Gasteiger partial charge in [-0.25, -0.2) is 0 Å². The summed E-state index contributed by atoms with van der Waals surface area (Å²) in [6, 6.07) is 6.12. The van der Waals surface area contributed by atoms with Crippen molar-refractivity contribution in [3.8, 4) is 5.69 Å². The molecule has 9 heteroatoms. The van der Waals surface area contributed by atoms with Gasteiger partial charge in [0.1, 0.15) is 11.1 Å². The first-order valence-electron chi connectivity index (χ1n) is 8.14. The van der Waals surface area contributed by atoms with Gasteiger partial charge in [0.25, 0.3) is 5.56 Å². The normalized spacial score (nSPS) is 15.6. The zero-order valence-electron chi connectivity index (χ0n) is 14.1. The Labute approximate surface area is 160 Å². The molecule has 2 aromatic rings. The van der Waals surface area contributed by atoms with Gasteiger partial charge in [0, 0.05) is 18.1 Å². The molecule has 1 N–H and O–H groups in total. The predicted octanol–water partition coefficient (Wildman–Crippen LogP) is 2.20. The van der Waals surface area contributed by atoms with Crippen LogP contribution in [-0.4, -0.2) is 52.9 Å². The second-order valence-corrected chi connectivity index (χ2v) is 6.68. The second-order valence-electron chi connectivity index (χ2n) is 5.87. The molecule has 1 aliphatic heterocycles. The number of hydrogen-bond acceptors (Lipinski definition) is 5. The van der Waals surface area contributed by atoms with E-state index in [1.165, 1.54) is 10.9 Å². The molecule has 1 fully saturated rings. The molecule has 1 unspecified atom stereocenters. The summed E-state index contributed by atoms with van der Waals surface area (Å²) < 4.78 is 6.43. The van der Waals surface area contributed by atoms with Crippen molar-refractivity contribution in [3.63, 3.8) is 0 Å².